The fourth-order valence-electron chi connectivity index (χ4n) is 3.25. The van der Waals surface area contributed by atoms with E-state index in [0.29, 0.717) is 6.04 Å². The van der Waals surface area contributed by atoms with Gasteiger partial charge >= 0.3 is 0 Å². The Hall–Kier alpha value is -0.0800. The molecule has 0 bridgehead atoms. The highest BCUT2D eigenvalue weighted by Crippen LogP contribution is 2.24. The van der Waals surface area contributed by atoms with Gasteiger partial charge < -0.3 is 10.2 Å². The van der Waals surface area contributed by atoms with Crippen LogP contribution in [0.1, 0.15) is 72.6 Å². The fourth-order valence-corrected chi connectivity index (χ4v) is 3.25. The van der Waals surface area contributed by atoms with E-state index < -0.39 is 0 Å². The van der Waals surface area contributed by atoms with Gasteiger partial charge in [-0.2, -0.15) is 0 Å². The summed E-state index contributed by atoms with van der Waals surface area (Å²) in [5.41, 5.74) is 0. The van der Waals surface area contributed by atoms with E-state index in [2.05, 4.69) is 37.9 Å². The summed E-state index contributed by atoms with van der Waals surface area (Å²) in [4.78, 5) is 2.78. The molecule has 1 fully saturated rings. The van der Waals surface area contributed by atoms with E-state index in [1.165, 1.54) is 64.6 Å². The molecule has 0 radical (unpaired) electrons. The summed E-state index contributed by atoms with van der Waals surface area (Å²) >= 11 is 0. The normalized spacial score (nSPS) is 18.6. The van der Waals surface area contributed by atoms with Crippen LogP contribution < -0.4 is 5.32 Å². The molecule has 0 amide bonds. The second kappa shape index (κ2) is 9.77. The van der Waals surface area contributed by atoms with Crippen LogP contribution in [-0.2, 0) is 0 Å². The van der Waals surface area contributed by atoms with Crippen molar-refractivity contribution in [1.29, 1.82) is 0 Å². The number of hydrogen-bond acceptors (Lipinski definition) is 2. The van der Waals surface area contributed by atoms with E-state index >= 15 is 0 Å². The van der Waals surface area contributed by atoms with Gasteiger partial charge in [0.2, 0.25) is 0 Å². The molecule has 2 heteroatoms. The van der Waals surface area contributed by atoms with E-state index in [1.807, 2.05) is 0 Å². The average Bonchev–Trinajstić information content (AvgIpc) is 2.88. The van der Waals surface area contributed by atoms with Gasteiger partial charge in [0, 0.05) is 18.6 Å². The standard InChI is InChI=1S/C17H36N2/c1-5-12-18-16(4)9-8-13-19(14-15(2)3)17-10-6-7-11-17/h15-18H,5-14H2,1-4H3. The predicted octanol–water partition coefficient (Wildman–Crippen LogP) is 4.06. The maximum absolute atomic E-state index is 3.60. The van der Waals surface area contributed by atoms with Crippen molar-refractivity contribution < 1.29 is 0 Å². The minimum atomic E-state index is 0.685. The zero-order chi connectivity index (χ0) is 14.1. The van der Waals surface area contributed by atoms with E-state index in [1.54, 1.807) is 0 Å². The molecule has 1 N–H and O–H groups in total. The number of nitrogens with zero attached hydrogens (tertiary/aromatic N) is 1. The molecule has 1 unspecified atom stereocenters. The van der Waals surface area contributed by atoms with Crippen molar-refractivity contribution in [2.75, 3.05) is 19.6 Å². The van der Waals surface area contributed by atoms with Gasteiger partial charge in [-0.15, -0.1) is 0 Å². The van der Waals surface area contributed by atoms with Crippen molar-refractivity contribution in [3.63, 3.8) is 0 Å². The maximum Gasteiger partial charge on any atom is 0.00953 e. The molecule has 114 valence electrons. The van der Waals surface area contributed by atoms with Gasteiger partial charge in [-0.05, 0) is 58.0 Å². The molecular formula is C17H36N2. The lowest BCUT2D eigenvalue weighted by atomic mass is 10.1. The maximum atomic E-state index is 3.60. The van der Waals surface area contributed by atoms with Gasteiger partial charge in [0.25, 0.3) is 0 Å². The van der Waals surface area contributed by atoms with Crippen molar-refractivity contribution in [2.45, 2.75) is 84.7 Å². The molecule has 0 aromatic carbocycles. The van der Waals surface area contributed by atoms with E-state index in [9.17, 15) is 0 Å². The van der Waals surface area contributed by atoms with Crippen molar-refractivity contribution in [2.24, 2.45) is 5.92 Å². The Morgan fingerprint density at radius 3 is 2.42 bits per heavy atom. The Bertz CT molecular complexity index is 209. The molecule has 1 saturated carbocycles. The smallest absolute Gasteiger partial charge is 0.00953 e. The lowest BCUT2D eigenvalue weighted by Crippen LogP contribution is -2.37. The molecule has 0 saturated heterocycles. The monoisotopic (exact) mass is 268 g/mol. The van der Waals surface area contributed by atoms with Crippen LogP contribution in [0.4, 0.5) is 0 Å². The molecule has 2 nitrogen and oxygen atoms in total. The summed E-state index contributed by atoms with van der Waals surface area (Å²) < 4.78 is 0. The minimum Gasteiger partial charge on any atom is -0.314 e. The van der Waals surface area contributed by atoms with Crippen LogP contribution in [0.25, 0.3) is 0 Å². The Kier molecular flexibility index (Phi) is 8.72. The largest absolute Gasteiger partial charge is 0.314 e. The molecule has 0 aromatic rings. The third-order valence-corrected chi connectivity index (χ3v) is 4.27. The predicted molar refractivity (Wildman–Crippen MR) is 85.7 cm³/mol. The number of nitrogens with one attached hydrogen (secondary N) is 1. The van der Waals surface area contributed by atoms with Gasteiger partial charge in [0.1, 0.15) is 0 Å². The summed E-state index contributed by atoms with van der Waals surface area (Å²) in [5.74, 6) is 0.802. The first-order chi connectivity index (χ1) is 9.13. The summed E-state index contributed by atoms with van der Waals surface area (Å²) in [5, 5.41) is 3.60. The fraction of sp³-hybridized carbons (Fsp3) is 1.00. The summed E-state index contributed by atoms with van der Waals surface area (Å²) in [6.45, 7) is 13.0. The molecular weight excluding hydrogens is 232 g/mol. The first kappa shape index (κ1) is 17.0. The topological polar surface area (TPSA) is 15.3 Å². The molecule has 19 heavy (non-hydrogen) atoms. The van der Waals surface area contributed by atoms with Crippen LogP contribution in [0, 0.1) is 5.92 Å². The quantitative estimate of drug-likeness (QED) is 0.643. The SMILES string of the molecule is CCCNC(C)CCCN(CC(C)C)C1CCCC1. The number of rotatable bonds is 10. The molecule has 1 rings (SSSR count). The summed E-state index contributed by atoms with van der Waals surface area (Å²) in [6.07, 6.45) is 9.70. The highest BCUT2D eigenvalue weighted by Gasteiger charge is 2.22. The Balaban J connectivity index is 2.23. The highest BCUT2D eigenvalue weighted by molar-refractivity contribution is 4.78. The molecule has 0 heterocycles. The molecule has 1 aliphatic rings. The number of hydrogen-bond donors (Lipinski definition) is 1. The van der Waals surface area contributed by atoms with Gasteiger partial charge in [0.15, 0.2) is 0 Å². The van der Waals surface area contributed by atoms with Crippen LogP contribution in [0.2, 0.25) is 0 Å². The van der Waals surface area contributed by atoms with E-state index in [0.717, 1.165) is 12.0 Å². The lowest BCUT2D eigenvalue weighted by Gasteiger charge is -2.30. The van der Waals surface area contributed by atoms with Crippen molar-refractivity contribution >= 4 is 0 Å². The first-order valence-electron chi connectivity index (χ1n) is 8.61. The van der Waals surface area contributed by atoms with E-state index in [4.69, 9.17) is 0 Å². The second-order valence-electron chi connectivity index (χ2n) is 6.82. The minimum absolute atomic E-state index is 0.685. The first-order valence-corrected chi connectivity index (χ1v) is 8.61. The Labute approximate surface area is 121 Å². The highest BCUT2D eigenvalue weighted by atomic mass is 15.2. The molecule has 0 aliphatic heterocycles. The Morgan fingerprint density at radius 1 is 1.16 bits per heavy atom. The van der Waals surface area contributed by atoms with E-state index in [-0.39, 0.29) is 0 Å². The third-order valence-electron chi connectivity index (χ3n) is 4.27. The summed E-state index contributed by atoms with van der Waals surface area (Å²) in [6, 6.07) is 1.57. The molecule has 0 spiro atoms. The van der Waals surface area contributed by atoms with Gasteiger partial charge in [0.05, 0.1) is 0 Å². The second-order valence-corrected chi connectivity index (χ2v) is 6.82. The lowest BCUT2D eigenvalue weighted by molar-refractivity contribution is 0.172. The van der Waals surface area contributed by atoms with Crippen LogP contribution >= 0.6 is 0 Å². The zero-order valence-corrected chi connectivity index (χ0v) is 13.8. The van der Waals surface area contributed by atoms with Crippen LogP contribution in [-0.4, -0.2) is 36.6 Å². The van der Waals surface area contributed by atoms with Crippen molar-refractivity contribution in [3.05, 3.63) is 0 Å². The molecule has 0 aromatic heterocycles. The average molecular weight is 268 g/mol. The molecule has 1 aliphatic carbocycles. The molecule has 1 atom stereocenters. The van der Waals surface area contributed by atoms with Crippen molar-refractivity contribution in [3.8, 4) is 0 Å². The zero-order valence-electron chi connectivity index (χ0n) is 13.8. The summed E-state index contributed by atoms with van der Waals surface area (Å²) in [7, 11) is 0. The van der Waals surface area contributed by atoms with Crippen LogP contribution in [0.3, 0.4) is 0 Å². The van der Waals surface area contributed by atoms with Gasteiger partial charge in [-0.25, -0.2) is 0 Å². The van der Waals surface area contributed by atoms with Crippen LogP contribution in [0.5, 0.6) is 0 Å². The van der Waals surface area contributed by atoms with Gasteiger partial charge in [-0.1, -0.05) is 33.6 Å². The van der Waals surface area contributed by atoms with Crippen molar-refractivity contribution in [1.82, 2.24) is 10.2 Å². The van der Waals surface area contributed by atoms with Crippen LogP contribution in [0.15, 0.2) is 0 Å². The Morgan fingerprint density at radius 2 is 1.84 bits per heavy atom. The third kappa shape index (κ3) is 7.31. The van der Waals surface area contributed by atoms with Gasteiger partial charge in [-0.3, -0.25) is 0 Å².